The van der Waals surface area contributed by atoms with Gasteiger partial charge in [-0.3, -0.25) is 9.59 Å². The fourth-order valence-corrected chi connectivity index (χ4v) is 4.08. The summed E-state index contributed by atoms with van der Waals surface area (Å²) in [6, 6.07) is 22.4. The van der Waals surface area contributed by atoms with E-state index in [0.717, 1.165) is 32.2 Å². The van der Waals surface area contributed by atoms with Gasteiger partial charge in [0.15, 0.2) is 0 Å². The number of hydrogen-bond donors (Lipinski definition) is 2. The third-order valence-corrected chi connectivity index (χ3v) is 5.97. The summed E-state index contributed by atoms with van der Waals surface area (Å²) in [5.74, 6) is -1.86. The molecule has 1 atom stereocenters. The number of pyridine rings is 1. The maximum absolute atomic E-state index is 13.5. The number of carboxylic acids is 1. The predicted molar refractivity (Wildman–Crippen MR) is 130 cm³/mol. The first-order chi connectivity index (χ1) is 15.3. The number of halogens is 1. The zero-order valence-corrected chi connectivity index (χ0v) is 19.2. The Morgan fingerprint density at radius 2 is 1.75 bits per heavy atom. The number of rotatable bonds is 5. The van der Waals surface area contributed by atoms with E-state index in [1.165, 1.54) is 0 Å². The number of carbonyl (C=O) groups is 2. The molecule has 0 bridgehead atoms. The van der Waals surface area contributed by atoms with E-state index in [0.29, 0.717) is 16.8 Å². The van der Waals surface area contributed by atoms with E-state index >= 15 is 0 Å². The molecule has 160 valence electrons. The minimum Gasteiger partial charge on any atom is -0.481 e. The second-order valence-electron chi connectivity index (χ2n) is 7.63. The van der Waals surface area contributed by atoms with Crippen molar-refractivity contribution in [3.05, 3.63) is 94.0 Å². The van der Waals surface area contributed by atoms with E-state index < -0.39 is 11.9 Å². The van der Waals surface area contributed by atoms with Gasteiger partial charge in [-0.15, -0.1) is 0 Å². The van der Waals surface area contributed by atoms with Gasteiger partial charge in [0, 0.05) is 21.1 Å². The van der Waals surface area contributed by atoms with Crippen LogP contribution in [0.15, 0.2) is 77.3 Å². The highest BCUT2D eigenvalue weighted by Crippen LogP contribution is 2.32. The van der Waals surface area contributed by atoms with Crippen molar-refractivity contribution in [1.29, 1.82) is 0 Å². The fourth-order valence-electron chi connectivity index (χ4n) is 3.72. The second-order valence-corrected chi connectivity index (χ2v) is 8.54. The second kappa shape index (κ2) is 8.93. The summed E-state index contributed by atoms with van der Waals surface area (Å²) in [5.41, 5.74) is 4.87. The molecule has 4 aromatic rings. The molecule has 0 fully saturated rings. The zero-order valence-electron chi connectivity index (χ0n) is 17.6. The molecule has 32 heavy (non-hydrogen) atoms. The number of nitrogens with zero attached hydrogens (tertiary/aromatic N) is 1. The molecule has 1 unspecified atom stereocenters. The summed E-state index contributed by atoms with van der Waals surface area (Å²) in [6.45, 7) is 3.51. The average molecular weight is 489 g/mol. The smallest absolute Gasteiger partial charge is 0.310 e. The SMILES string of the molecule is Cc1c(-c2ccccc2)nc2ccc(Br)cc2c1C(=O)Nc1cccc(C(C)C(=O)O)c1. The summed E-state index contributed by atoms with van der Waals surface area (Å²) >= 11 is 3.49. The van der Waals surface area contributed by atoms with Crippen LogP contribution in [0, 0.1) is 6.92 Å². The third kappa shape index (κ3) is 4.27. The van der Waals surface area contributed by atoms with Crippen LogP contribution in [-0.4, -0.2) is 22.0 Å². The Hall–Kier alpha value is -3.51. The van der Waals surface area contributed by atoms with Gasteiger partial charge < -0.3 is 10.4 Å². The van der Waals surface area contributed by atoms with Gasteiger partial charge in [-0.25, -0.2) is 4.98 Å². The van der Waals surface area contributed by atoms with E-state index in [1.54, 1.807) is 31.2 Å². The number of aliphatic carboxylic acids is 1. The number of carboxylic acid groups (broad SMARTS) is 1. The minimum atomic E-state index is -0.915. The molecule has 1 aromatic heterocycles. The van der Waals surface area contributed by atoms with Crippen LogP contribution in [0.3, 0.4) is 0 Å². The number of aromatic nitrogens is 1. The van der Waals surface area contributed by atoms with Gasteiger partial charge in [0.2, 0.25) is 0 Å². The van der Waals surface area contributed by atoms with Gasteiger partial charge in [-0.05, 0) is 55.3 Å². The summed E-state index contributed by atoms with van der Waals surface area (Å²) in [5, 5.41) is 13.0. The summed E-state index contributed by atoms with van der Waals surface area (Å²) in [6.07, 6.45) is 0. The largest absolute Gasteiger partial charge is 0.481 e. The molecule has 4 rings (SSSR count). The van der Waals surface area contributed by atoms with Gasteiger partial charge in [0.1, 0.15) is 0 Å². The molecule has 0 spiro atoms. The molecule has 1 amide bonds. The Balaban J connectivity index is 1.82. The van der Waals surface area contributed by atoms with Crippen molar-refractivity contribution in [3.8, 4) is 11.3 Å². The Morgan fingerprint density at radius 3 is 2.47 bits per heavy atom. The van der Waals surface area contributed by atoms with Crippen LogP contribution in [0.5, 0.6) is 0 Å². The van der Waals surface area contributed by atoms with Crippen LogP contribution in [-0.2, 0) is 4.79 Å². The number of hydrogen-bond acceptors (Lipinski definition) is 3. The van der Waals surface area contributed by atoms with E-state index in [9.17, 15) is 14.7 Å². The lowest BCUT2D eigenvalue weighted by Crippen LogP contribution is -2.16. The van der Waals surface area contributed by atoms with Crippen molar-refractivity contribution in [3.63, 3.8) is 0 Å². The molecule has 0 saturated carbocycles. The van der Waals surface area contributed by atoms with E-state index in [-0.39, 0.29) is 5.91 Å². The van der Waals surface area contributed by atoms with Crippen molar-refractivity contribution in [2.24, 2.45) is 0 Å². The highest BCUT2D eigenvalue weighted by Gasteiger charge is 2.20. The molecule has 0 aliphatic rings. The molecule has 0 aliphatic carbocycles. The first-order valence-corrected chi connectivity index (χ1v) is 10.9. The molecule has 5 nitrogen and oxygen atoms in total. The molecule has 1 heterocycles. The zero-order chi connectivity index (χ0) is 22.8. The highest BCUT2D eigenvalue weighted by molar-refractivity contribution is 9.10. The van der Waals surface area contributed by atoms with Gasteiger partial charge in [-0.2, -0.15) is 0 Å². The van der Waals surface area contributed by atoms with Crippen LogP contribution in [0.2, 0.25) is 0 Å². The van der Waals surface area contributed by atoms with Crippen molar-refractivity contribution in [2.45, 2.75) is 19.8 Å². The molecule has 2 N–H and O–H groups in total. The maximum Gasteiger partial charge on any atom is 0.310 e. The van der Waals surface area contributed by atoms with Crippen molar-refractivity contribution < 1.29 is 14.7 Å². The molecule has 3 aromatic carbocycles. The van der Waals surface area contributed by atoms with Gasteiger partial charge in [-0.1, -0.05) is 58.4 Å². The van der Waals surface area contributed by atoms with Crippen molar-refractivity contribution in [1.82, 2.24) is 4.98 Å². The molecule has 0 saturated heterocycles. The number of anilines is 1. The first kappa shape index (κ1) is 21.7. The number of benzene rings is 3. The van der Waals surface area contributed by atoms with Gasteiger partial charge >= 0.3 is 5.97 Å². The van der Waals surface area contributed by atoms with Crippen LogP contribution < -0.4 is 5.32 Å². The van der Waals surface area contributed by atoms with E-state index in [2.05, 4.69) is 21.2 Å². The Morgan fingerprint density at radius 1 is 1.00 bits per heavy atom. The fraction of sp³-hybridized carbons (Fsp3) is 0.115. The summed E-state index contributed by atoms with van der Waals surface area (Å²) in [7, 11) is 0. The van der Waals surface area contributed by atoms with Crippen LogP contribution >= 0.6 is 15.9 Å². The minimum absolute atomic E-state index is 0.273. The average Bonchev–Trinajstić information content (AvgIpc) is 2.78. The van der Waals surface area contributed by atoms with E-state index in [4.69, 9.17) is 4.98 Å². The molecular weight excluding hydrogens is 468 g/mol. The lowest BCUT2D eigenvalue weighted by molar-refractivity contribution is -0.138. The summed E-state index contributed by atoms with van der Waals surface area (Å²) < 4.78 is 0.852. The molecule has 6 heteroatoms. The highest BCUT2D eigenvalue weighted by atomic mass is 79.9. The Labute approximate surface area is 194 Å². The monoisotopic (exact) mass is 488 g/mol. The normalized spacial score (nSPS) is 11.8. The summed E-state index contributed by atoms with van der Waals surface area (Å²) in [4.78, 5) is 29.7. The number of fused-ring (bicyclic) bond motifs is 1. The first-order valence-electron chi connectivity index (χ1n) is 10.1. The number of carbonyl (C=O) groups excluding carboxylic acids is 1. The van der Waals surface area contributed by atoms with E-state index in [1.807, 2.05) is 55.5 Å². The van der Waals surface area contributed by atoms with Gasteiger partial charge in [0.25, 0.3) is 5.91 Å². The molecule has 0 aliphatic heterocycles. The van der Waals surface area contributed by atoms with Crippen LogP contribution in [0.25, 0.3) is 22.2 Å². The Kier molecular flexibility index (Phi) is 6.06. The number of amides is 1. The lowest BCUT2D eigenvalue weighted by atomic mass is 9.97. The topological polar surface area (TPSA) is 79.3 Å². The van der Waals surface area contributed by atoms with Gasteiger partial charge in [0.05, 0.1) is 22.7 Å². The van der Waals surface area contributed by atoms with Crippen LogP contribution in [0.4, 0.5) is 5.69 Å². The maximum atomic E-state index is 13.5. The Bertz CT molecular complexity index is 1340. The van der Waals surface area contributed by atoms with Crippen molar-refractivity contribution in [2.75, 3.05) is 5.32 Å². The van der Waals surface area contributed by atoms with Crippen LogP contribution in [0.1, 0.15) is 34.3 Å². The molecular formula is C26H21BrN2O3. The number of nitrogens with one attached hydrogen (secondary N) is 1. The standard InChI is InChI=1S/C26H21BrN2O3/c1-15(26(31)32)18-9-6-10-20(13-18)28-25(30)23-16(2)24(17-7-4-3-5-8-17)29-22-12-11-19(27)14-21(22)23/h3-15H,1-2H3,(H,28,30)(H,31,32). The predicted octanol–water partition coefficient (Wildman–Crippen LogP) is 6.41. The quantitative estimate of drug-likeness (QED) is 0.340. The lowest BCUT2D eigenvalue weighted by Gasteiger charge is -2.16. The third-order valence-electron chi connectivity index (χ3n) is 5.48. The molecule has 0 radical (unpaired) electrons. The van der Waals surface area contributed by atoms with Crippen molar-refractivity contribution >= 4 is 44.4 Å².